The standard InChI is InChI=1S/C23H16ClN3O6S/c1-2-26-21(28)20(34-23(26)25-14-5-3-4-13(10-14)22(29)30)12-16-7-9-19(33-16)17-8-6-15(27(31)32)11-18(17)24/h3-12H,2H2,1H3,(H,29,30)/b20-12+,25-23?. The average molecular weight is 498 g/mol. The molecule has 9 nitrogen and oxygen atoms in total. The maximum Gasteiger partial charge on any atom is 0.335 e. The largest absolute Gasteiger partial charge is 0.478 e. The number of nitro benzene ring substituents is 1. The fourth-order valence-electron chi connectivity index (χ4n) is 3.21. The van der Waals surface area contributed by atoms with E-state index in [1.807, 2.05) is 6.92 Å². The minimum atomic E-state index is -1.06. The number of non-ortho nitro benzene ring substituents is 1. The summed E-state index contributed by atoms with van der Waals surface area (Å²) < 4.78 is 5.81. The molecule has 172 valence electrons. The molecule has 3 aromatic rings. The summed E-state index contributed by atoms with van der Waals surface area (Å²) in [7, 11) is 0. The quantitative estimate of drug-likeness (QED) is 0.258. The SMILES string of the molecule is CCN1C(=O)/C(=C\c2ccc(-c3ccc([N+](=O)[O-])cc3Cl)o2)SC1=Nc1cccc(C(=O)O)c1. The average Bonchev–Trinajstić information content (AvgIpc) is 3.38. The summed E-state index contributed by atoms with van der Waals surface area (Å²) in [6.07, 6.45) is 1.58. The predicted octanol–water partition coefficient (Wildman–Crippen LogP) is 5.83. The number of amidine groups is 1. The number of furan rings is 1. The molecule has 0 aliphatic carbocycles. The zero-order chi connectivity index (χ0) is 24.4. The Bertz CT molecular complexity index is 1380. The number of aliphatic imine (C=N–C) groups is 1. The Kier molecular flexibility index (Phi) is 6.53. The summed E-state index contributed by atoms with van der Waals surface area (Å²) in [5.74, 6) is -0.529. The number of carboxylic acids is 1. The Balaban J connectivity index is 1.61. The highest BCUT2D eigenvalue weighted by molar-refractivity contribution is 8.18. The van der Waals surface area contributed by atoms with Crippen LogP contribution >= 0.6 is 23.4 Å². The van der Waals surface area contributed by atoms with E-state index in [0.717, 1.165) is 11.8 Å². The zero-order valence-electron chi connectivity index (χ0n) is 17.6. The van der Waals surface area contributed by atoms with E-state index >= 15 is 0 Å². The summed E-state index contributed by atoms with van der Waals surface area (Å²) in [6.45, 7) is 2.19. The maximum absolute atomic E-state index is 12.9. The van der Waals surface area contributed by atoms with Gasteiger partial charge >= 0.3 is 5.97 Å². The van der Waals surface area contributed by atoms with Gasteiger partial charge in [-0.25, -0.2) is 9.79 Å². The van der Waals surface area contributed by atoms with Crippen molar-refractivity contribution in [3.63, 3.8) is 0 Å². The number of carbonyl (C=O) groups is 2. The first-order chi connectivity index (χ1) is 16.3. The van der Waals surface area contributed by atoms with E-state index in [9.17, 15) is 24.8 Å². The van der Waals surface area contributed by atoms with Crippen molar-refractivity contribution in [3.8, 4) is 11.3 Å². The molecule has 0 saturated carbocycles. The van der Waals surface area contributed by atoms with Gasteiger partial charge in [-0.1, -0.05) is 17.7 Å². The molecule has 0 unspecified atom stereocenters. The Morgan fingerprint density at radius 2 is 2.06 bits per heavy atom. The van der Waals surface area contributed by atoms with Crippen molar-refractivity contribution in [1.29, 1.82) is 0 Å². The smallest absolute Gasteiger partial charge is 0.335 e. The van der Waals surface area contributed by atoms with Crippen molar-refractivity contribution >= 4 is 57.9 Å². The second-order valence-corrected chi connectivity index (χ2v) is 8.45. The topological polar surface area (TPSA) is 126 Å². The first-order valence-corrected chi connectivity index (χ1v) is 11.1. The molecule has 34 heavy (non-hydrogen) atoms. The molecule has 1 saturated heterocycles. The number of amides is 1. The predicted molar refractivity (Wildman–Crippen MR) is 129 cm³/mol. The molecule has 1 amide bonds. The van der Waals surface area contributed by atoms with Crippen molar-refractivity contribution in [3.05, 3.63) is 86.0 Å². The van der Waals surface area contributed by atoms with E-state index < -0.39 is 10.9 Å². The third-order valence-electron chi connectivity index (χ3n) is 4.85. The number of likely N-dealkylation sites (N-methyl/N-ethyl adjacent to an activating group) is 1. The summed E-state index contributed by atoms with van der Waals surface area (Å²) in [4.78, 5) is 40.8. The van der Waals surface area contributed by atoms with Crippen LogP contribution in [0.25, 0.3) is 17.4 Å². The number of nitrogens with zero attached hydrogens (tertiary/aromatic N) is 3. The number of hydrogen-bond donors (Lipinski definition) is 1. The number of aromatic carboxylic acids is 1. The Morgan fingerprint density at radius 3 is 2.74 bits per heavy atom. The van der Waals surface area contributed by atoms with E-state index in [2.05, 4.69) is 4.99 Å². The number of rotatable bonds is 6. The summed E-state index contributed by atoms with van der Waals surface area (Å²) in [5.41, 5.74) is 0.875. The number of benzene rings is 2. The monoisotopic (exact) mass is 497 g/mol. The normalized spacial score (nSPS) is 15.9. The Hall–Kier alpha value is -3.89. The maximum atomic E-state index is 12.9. The van der Waals surface area contributed by atoms with Crippen molar-refractivity contribution in [2.75, 3.05) is 6.54 Å². The van der Waals surface area contributed by atoms with Crippen molar-refractivity contribution in [2.45, 2.75) is 6.92 Å². The third-order valence-corrected chi connectivity index (χ3v) is 6.17. The van der Waals surface area contributed by atoms with E-state index in [0.29, 0.717) is 39.4 Å². The lowest BCUT2D eigenvalue weighted by Gasteiger charge is -2.12. The molecule has 0 spiro atoms. The Morgan fingerprint density at radius 1 is 1.26 bits per heavy atom. The summed E-state index contributed by atoms with van der Waals surface area (Å²) in [6, 6.07) is 13.5. The number of hydrogen-bond acceptors (Lipinski definition) is 7. The highest BCUT2D eigenvalue weighted by Crippen LogP contribution is 2.36. The first kappa shape index (κ1) is 23.3. The molecule has 1 aliphatic heterocycles. The molecule has 1 fully saturated rings. The molecule has 2 aromatic carbocycles. The van der Waals surface area contributed by atoms with Crippen molar-refractivity contribution in [2.24, 2.45) is 4.99 Å². The van der Waals surface area contributed by atoms with E-state index in [4.69, 9.17) is 16.0 Å². The molecule has 4 rings (SSSR count). The van der Waals surface area contributed by atoms with Gasteiger partial charge in [-0.05, 0) is 55.1 Å². The molecule has 2 heterocycles. The second kappa shape index (κ2) is 9.54. The lowest BCUT2D eigenvalue weighted by molar-refractivity contribution is -0.384. The van der Waals surface area contributed by atoms with E-state index in [-0.39, 0.29) is 22.2 Å². The van der Waals surface area contributed by atoms with Crippen LogP contribution in [0.4, 0.5) is 11.4 Å². The summed E-state index contributed by atoms with van der Waals surface area (Å²) >= 11 is 7.33. The highest BCUT2D eigenvalue weighted by Gasteiger charge is 2.32. The van der Waals surface area contributed by atoms with Gasteiger partial charge in [0.15, 0.2) is 5.17 Å². The van der Waals surface area contributed by atoms with Gasteiger partial charge in [0, 0.05) is 30.3 Å². The number of carboxylic acid groups (broad SMARTS) is 1. The van der Waals surface area contributed by atoms with Crippen molar-refractivity contribution < 1.29 is 24.0 Å². The number of halogens is 1. The lowest BCUT2D eigenvalue weighted by Crippen LogP contribution is -2.28. The first-order valence-electron chi connectivity index (χ1n) is 9.94. The van der Waals surface area contributed by atoms with Crippen LogP contribution in [0.3, 0.4) is 0 Å². The van der Waals surface area contributed by atoms with Gasteiger partial charge in [0.2, 0.25) is 0 Å². The van der Waals surface area contributed by atoms with E-state index in [1.165, 1.54) is 35.2 Å². The second-order valence-electron chi connectivity index (χ2n) is 7.03. The van der Waals surface area contributed by atoms with Crippen LogP contribution in [0, 0.1) is 10.1 Å². The van der Waals surface area contributed by atoms with Gasteiger partial charge in [-0.2, -0.15) is 0 Å². The summed E-state index contributed by atoms with van der Waals surface area (Å²) in [5, 5.41) is 20.7. The van der Waals surface area contributed by atoms with Gasteiger partial charge in [0.1, 0.15) is 11.5 Å². The van der Waals surface area contributed by atoms with Crippen LogP contribution in [-0.4, -0.2) is 38.5 Å². The molecule has 0 radical (unpaired) electrons. The molecular weight excluding hydrogens is 482 g/mol. The molecule has 11 heteroatoms. The third kappa shape index (κ3) is 4.73. The number of nitro groups is 1. The lowest BCUT2D eigenvalue weighted by atomic mass is 10.1. The van der Waals surface area contributed by atoms with E-state index in [1.54, 1.807) is 30.3 Å². The minimum Gasteiger partial charge on any atom is -0.478 e. The molecule has 0 bridgehead atoms. The minimum absolute atomic E-state index is 0.100. The van der Waals surface area contributed by atoms with Crippen LogP contribution in [0.5, 0.6) is 0 Å². The Labute approximate surface area is 202 Å². The van der Waals surface area contributed by atoms with Crippen LogP contribution in [-0.2, 0) is 4.79 Å². The van der Waals surface area contributed by atoms with Gasteiger partial charge in [-0.3, -0.25) is 19.8 Å². The molecule has 1 aromatic heterocycles. The fourth-order valence-corrected chi connectivity index (χ4v) is 4.52. The van der Waals surface area contributed by atoms with Crippen molar-refractivity contribution in [1.82, 2.24) is 4.90 Å². The fraction of sp³-hybridized carbons (Fsp3) is 0.0870. The highest BCUT2D eigenvalue weighted by atomic mass is 35.5. The van der Waals surface area contributed by atoms with Crippen LogP contribution < -0.4 is 0 Å². The van der Waals surface area contributed by atoms with Crippen LogP contribution in [0.1, 0.15) is 23.0 Å². The van der Waals surface area contributed by atoms with Crippen LogP contribution in [0.15, 0.2) is 68.9 Å². The number of carbonyl (C=O) groups excluding carboxylic acids is 1. The number of thioether (sulfide) groups is 1. The van der Waals surface area contributed by atoms with Gasteiger partial charge in [0.05, 0.1) is 26.1 Å². The van der Waals surface area contributed by atoms with Gasteiger partial charge < -0.3 is 9.52 Å². The molecule has 1 N–H and O–H groups in total. The zero-order valence-corrected chi connectivity index (χ0v) is 19.2. The van der Waals surface area contributed by atoms with Crippen LogP contribution in [0.2, 0.25) is 5.02 Å². The molecule has 1 aliphatic rings. The van der Waals surface area contributed by atoms with Gasteiger partial charge in [0.25, 0.3) is 11.6 Å². The van der Waals surface area contributed by atoms with Gasteiger partial charge in [-0.15, -0.1) is 0 Å². The molecular formula is C23H16ClN3O6S. The molecule has 0 atom stereocenters.